The van der Waals surface area contributed by atoms with E-state index < -0.39 is 5.92 Å². The number of carbonyl (C=O) groups is 2. The summed E-state index contributed by atoms with van der Waals surface area (Å²) in [6.45, 7) is 10.8. The van der Waals surface area contributed by atoms with Gasteiger partial charge in [0, 0.05) is 19.6 Å². The molecule has 0 aromatic carbocycles. The Morgan fingerprint density at radius 2 is 0.885 bits per heavy atom. The van der Waals surface area contributed by atoms with Crippen LogP contribution in [-0.4, -0.2) is 44.3 Å². The van der Waals surface area contributed by atoms with Crippen LogP contribution in [0, 0.1) is 5.92 Å². The second-order valence-electron chi connectivity index (χ2n) is 15.6. The first kappa shape index (κ1) is 50.8. The molecule has 308 valence electrons. The highest BCUT2D eigenvalue weighted by Crippen LogP contribution is 2.20. The minimum Gasteiger partial charge on any atom is -0.462 e. The average Bonchev–Trinajstić information content (AvgIpc) is 3.15. The fourth-order valence-corrected chi connectivity index (χ4v) is 6.83. The number of hydrogen-bond acceptors (Lipinski definition) is 5. The van der Waals surface area contributed by atoms with Crippen LogP contribution in [0.2, 0.25) is 0 Å². The van der Waals surface area contributed by atoms with Crippen molar-refractivity contribution in [2.75, 3.05) is 26.4 Å². The highest BCUT2D eigenvalue weighted by Gasteiger charge is 2.28. The second-order valence-corrected chi connectivity index (χ2v) is 15.6. The first-order valence-electron chi connectivity index (χ1n) is 23.1. The van der Waals surface area contributed by atoms with E-state index >= 15 is 0 Å². The van der Waals surface area contributed by atoms with Crippen molar-refractivity contribution in [3.63, 3.8) is 0 Å². The molecule has 0 spiro atoms. The third kappa shape index (κ3) is 35.8. The van der Waals surface area contributed by atoms with Crippen LogP contribution in [0.25, 0.3) is 0 Å². The Morgan fingerprint density at radius 3 is 1.40 bits per heavy atom. The molecule has 0 saturated carbocycles. The Morgan fingerprint density at radius 1 is 0.462 bits per heavy atom. The molecule has 0 aromatic rings. The predicted molar refractivity (Wildman–Crippen MR) is 224 cm³/mol. The second kappa shape index (κ2) is 42.5. The van der Waals surface area contributed by atoms with Crippen LogP contribution < -0.4 is 0 Å². The Hall–Kier alpha value is -1.20. The highest BCUT2D eigenvalue weighted by atomic mass is 16.6. The molecule has 2 atom stereocenters. The number of esters is 1. The van der Waals surface area contributed by atoms with E-state index in [-0.39, 0.29) is 24.5 Å². The molecule has 0 fully saturated rings. The summed E-state index contributed by atoms with van der Waals surface area (Å²) < 4.78 is 17.8. The lowest BCUT2D eigenvalue weighted by atomic mass is 9.93. The quantitative estimate of drug-likeness (QED) is 0.0270. The Balaban J connectivity index is 4.71. The predicted octanol–water partition coefficient (Wildman–Crippen LogP) is 14.6. The van der Waals surface area contributed by atoms with Gasteiger partial charge in [0.25, 0.3) is 0 Å². The maximum atomic E-state index is 13.4. The molecule has 5 nitrogen and oxygen atoms in total. The SMILES string of the molecule is CCCCCCCC/C=C\CCCCCCC(C(=O)CCCCCCCCCCCCCCC)C(=O)OCC(COCCCCC)OCCCCC. The van der Waals surface area contributed by atoms with E-state index in [0.717, 1.165) is 77.0 Å². The lowest BCUT2D eigenvalue weighted by molar-refractivity contribution is -0.157. The Labute approximate surface area is 325 Å². The molecule has 2 unspecified atom stereocenters. The summed E-state index contributed by atoms with van der Waals surface area (Å²) >= 11 is 0. The van der Waals surface area contributed by atoms with Gasteiger partial charge in [-0.15, -0.1) is 0 Å². The van der Waals surface area contributed by atoms with E-state index in [0.29, 0.717) is 32.7 Å². The van der Waals surface area contributed by atoms with Gasteiger partial charge < -0.3 is 14.2 Å². The first-order valence-corrected chi connectivity index (χ1v) is 23.1. The molecular formula is C47H90O5. The number of hydrogen-bond donors (Lipinski definition) is 0. The minimum absolute atomic E-state index is 0.0712. The van der Waals surface area contributed by atoms with Gasteiger partial charge in [-0.2, -0.15) is 0 Å². The van der Waals surface area contributed by atoms with E-state index in [9.17, 15) is 9.59 Å². The molecule has 0 radical (unpaired) electrons. The van der Waals surface area contributed by atoms with Gasteiger partial charge in [-0.25, -0.2) is 0 Å². The van der Waals surface area contributed by atoms with Gasteiger partial charge >= 0.3 is 5.97 Å². The van der Waals surface area contributed by atoms with Crippen molar-refractivity contribution >= 4 is 11.8 Å². The molecule has 0 aliphatic carbocycles. The smallest absolute Gasteiger partial charge is 0.316 e. The Kier molecular flexibility index (Phi) is 41.6. The summed E-state index contributed by atoms with van der Waals surface area (Å²) in [5.41, 5.74) is 0. The fraction of sp³-hybridized carbons (Fsp3) is 0.915. The topological polar surface area (TPSA) is 61.8 Å². The monoisotopic (exact) mass is 735 g/mol. The summed E-state index contributed by atoms with van der Waals surface area (Å²) in [5, 5.41) is 0. The van der Waals surface area contributed by atoms with Gasteiger partial charge in [0.15, 0.2) is 0 Å². The van der Waals surface area contributed by atoms with Gasteiger partial charge in [-0.3, -0.25) is 9.59 Å². The van der Waals surface area contributed by atoms with Crippen molar-refractivity contribution in [1.82, 2.24) is 0 Å². The molecule has 0 aliphatic heterocycles. The first-order chi connectivity index (χ1) is 25.6. The number of ether oxygens (including phenoxy) is 3. The number of rotatable bonds is 43. The fourth-order valence-electron chi connectivity index (χ4n) is 6.83. The third-order valence-electron chi connectivity index (χ3n) is 10.4. The summed E-state index contributed by atoms with van der Waals surface area (Å²) in [6.07, 6.45) is 43.4. The zero-order chi connectivity index (χ0) is 38.0. The number of carbonyl (C=O) groups excluding carboxylic acids is 2. The van der Waals surface area contributed by atoms with E-state index in [2.05, 4.69) is 39.8 Å². The van der Waals surface area contributed by atoms with Crippen LogP contribution >= 0.6 is 0 Å². The molecular weight excluding hydrogens is 645 g/mol. The van der Waals surface area contributed by atoms with Crippen molar-refractivity contribution in [1.29, 1.82) is 0 Å². The van der Waals surface area contributed by atoms with Crippen LogP contribution in [0.1, 0.15) is 240 Å². The van der Waals surface area contributed by atoms with Crippen LogP contribution in [0.4, 0.5) is 0 Å². The number of unbranched alkanes of at least 4 members (excludes halogenated alkanes) is 26. The van der Waals surface area contributed by atoms with E-state index in [1.54, 1.807) is 0 Å². The molecule has 0 N–H and O–H groups in total. The maximum absolute atomic E-state index is 13.4. The van der Waals surface area contributed by atoms with Crippen LogP contribution in [0.5, 0.6) is 0 Å². The van der Waals surface area contributed by atoms with E-state index in [1.807, 2.05) is 0 Å². The van der Waals surface area contributed by atoms with Crippen molar-refractivity contribution in [2.24, 2.45) is 5.92 Å². The van der Waals surface area contributed by atoms with Crippen LogP contribution in [-0.2, 0) is 23.8 Å². The van der Waals surface area contributed by atoms with Crippen molar-refractivity contribution in [2.45, 2.75) is 246 Å². The molecule has 0 aliphatic rings. The normalized spacial score (nSPS) is 12.8. The standard InChI is InChI=1S/C47H90O5/c1-5-9-13-15-17-19-21-23-25-26-28-30-32-34-38-45(46(48)39-35-33-31-29-27-24-22-20-18-16-14-10-6-2)47(49)52-43-44(51-41-37-12-8-4)42-50-40-36-11-7-3/h23,25,44-45H,5-22,24,26-43H2,1-4H3/b25-23-. The van der Waals surface area contributed by atoms with Gasteiger partial charge in [-0.05, 0) is 51.4 Å². The van der Waals surface area contributed by atoms with Gasteiger partial charge in [0.05, 0.1) is 6.61 Å². The summed E-state index contributed by atoms with van der Waals surface area (Å²) in [4.78, 5) is 26.9. The van der Waals surface area contributed by atoms with Crippen molar-refractivity contribution in [3.8, 4) is 0 Å². The van der Waals surface area contributed by atoms with Gasteiger partial charge in [-0.1, -0.05) is 194 Å². The summed E-state index contributed by atoms with van der Waals surface area (Å²) in [5.74, 6) is -0.937. The summed E-state index contributed by atoms with van der Waals surface area (Å²) in [7, 11) is 0. The third-order valence-corrected chi connectivity index (χ3v) is 10.4. The molecule has 0 aromatic heterocycles. The molecule has 0 amide bonds. The van der Waals surface area contributed by atoms with Crippen LogP contribution in [0.3, 0.4) is 0 Å². The van der Waals surface area contributed by atoms with Gasteiger partial charge in [0.1, 0.15) is 24.4 Å². The molecule has 52 heavy (non-hydrogen) atoms. The zero-order valence-corrected chi connectivity index (χ0v) is 35.5. The zero-order valence-electron chi connectivity index (χ0n) is 35.5. The molecule has 0 saturated heterocycles. The number of ketones is 1. The lowest BCUT2D eigenvalue weighted by Crippen LogP contribution is -2.32. The minimum atomic E-state index is -0.652. The van der Waals surface area contributed by atoms with Crippen LogP contribution in [0.15, 0.2) is 12.2 Å². The Bertz CT molecular complexity index is 765. The van der Waals surface area contributed by atoms with Gasteiger partial charge in [0.2, 0.25) is 0 Å². The molecule has 0 bridgehead atoms. The number of allylic oxidation sites excluding steroid dienone is 2. The van der Waals surface area contributed by atoms with Crippen molar-refractivity contribution in [3.05, 3.63) is 12.2 Å². The maximum Gasteiger partial charge on any atom is 0.316 e. The highest BCUT2D eigenvalue weighted by molar-refractivity contribution is 5.98. The lowest BCUT2D eigenvalue weighted by Gasteiger charge is -2.20. The average molecular weight is 735 g/mol. The van der Waals surface area contributed by atoms with E-state index in [4.69, 9.17) is 14.2 Å². The summed E-state index contributed by atoms with van der Waals surface area (Å²) in [6, 6.07) is 0. The van der Waals surface area contributed by atoms with E-state index in [1.165, 1.54) is 122 Å². The molecule has 0 rings (SSSR count). The number of Topliss-reactive ketones (excluding diaryl/α,β-unsaturated/α-hetero) is 1. The van der Waals surface area contributed by atoms with Crippen molar-refractivity contribution < 1.29 is 23.8 Å². The largest absolute Gasteiger partial charge is 0.462 e. The molecule has 5 heteroatoms. The molecule has 0 heterocycles.